The molecule has 4 rings (SSSR count). The number of piperidine rings is 2. The van der Waals surface area contributed by atoms with Crippen molar-refractivity contribution >= 4 is 15.8 Å². The van der Waals surface area contributed by atoms with Gasteiger partial charge in [-0.25, -0.2) is 8.42 Å². The molecule has 1 atom stereocenters. The molecule has 2 aliphatic heterocycles. The van der Waals surface area contributed by atoms with Gasteiger partial charge in [0.05, 0.1) is 11.4 Å². The molecule has 184 valence electrons. The third-order valence-electron chi connectivity index (χ3n) is 7.20. The lowest BCUT2D eigenvalue weighted by molar-refractivity contribution is 0.0983. The number of nitrogens with zero attached hydrogens (tertiary/aromatic N) is 2. The topological polar surface area (TPSA) is 69.7 Å². The summed E-state index contributed by atoms with van der Waals surface area (Å²) in [5.41, 5.74) is 1.80. The van der Waals surface area contributed by atoms with Crippen LogP contribution in [0.25, 0.3) is 0 Å². The summed E-state index contributed by atoms with van der Waals surface area (Å²) in [6, 6.07) is 17.1. The van der Waals surface area contributed by atoms with Crippen molar-refractivity contribution in [3.8, 4) is 0 Å². The summed E-state index contributed by atoms with van der Waals surface area (Å²) in [7, 11) is -3.50. The summed E-state index contributed by atoms with van der Waals surface area (Å²) >= 11 is 0. The zero-order chi connectivity index (χ0) is 24.0. The molecule has 0 amide bonds. The molecule has 2 fully saturated rings. The van der Waals surface area contributed by atoms with Gasteiger partial charge in [0.15, 0.2) is 5.78 Å². The molecule has 1 N–H and O–H groups in total. The minimum absolute atomic E-state index is 0.0267. The number of hydrogen-bond acceptors (Lipinski definition) is 5. The van der Waals surface area contributed by atoms with Crippen molar-refractivity contribution in [3.63, 3.8) is 0 Å². The minimum Gasteiger partial charge on any atom is -0.308 e. The molecule has 2 aromatic rings. The number of hydrogen-bond donors (Lipinski definition) is 1. The monoisotopic (exact) mass is 483 g/mol. The van der Waals surface area contributed by atoms with Gasteiger partial charge in [0.2, 0.25) is 10.0 Å². The lowest BCUT2D eigenvalue weighted by atomic mass is 10.0. The molecule has 0 spiro atoms. The SMILES string of the molecule is CC1CCN(S(=O)(=O)c2ccc(C(=O)CNCC(c3ccccc3)N3CCCCC3)cc2)CC1. The molecule has 1 unspecified atom stereocenters. The van der Waals surface area contributed by atoms with Crippen LogP contribution in [-0.2, 0) is 10.0 Å². The summed E-state index contributed by atoms with van der Waals surface area (Å²) < 4.78 is 27.4. The average molecular weight is 484 g/mol. The van der Waals surface area contributed by atoms with Crippen LogP contribution in [-0.4, -0.2) is 62.7 Å². The highest BCUT2D eigenvalue weighted by Crippen LogP contribution is 2.25. The molecule has 2 heterocycles. The van der Waals surface area contributed by atoms with E-state index in [1.165, 1.54) is 24.8 Å². The first-order valence-electron chi connectivity index (χ1n) is 12.6. The van der Waals surface area contributed by atoms with Crippen molar-refractivity contribution in [1.29, 1.82) is 0 Å². The maximum absolute atomic E-state index is 12.9. The number of rotatable bonds is 9. The Hall–Kier alpha value is -2.06. The van der Waals surface area contributed by atoms with Crippen molar-refractivity contribution in [2.24, 2.45) is 5.92 Å². The van der Waals surface area contributed by atoms with Gasteiger partial charge in [-0.05, 0) is 62.4 Å². The lowest BCUT2D eigenvalue weighted by Gasteiger charge is -2.35. The standard InChI is InChI=1S/C27H37N3O3S/c1-22-14-18-30(19-15-22)34(32,33)25-12-10-24(11-13-25)27(31)21-28-20-26(23-8-4-2-5-9-23)29-16-6-3-7-17-29/h2,4-5,8-13,22,26,28H,3,6-7,14-21H2,1H3. The Bertz CT molecular complexity index is 1030. The van der Waals surface area contributed by atoms with Gasteiger partial charge in [-0.2, -0.15) is 4.31 Å². The van der Waals surface area contributed by atoms with E-state index in [-0.39, 0.29) is 23.3 Å². The fraction of sp³-hybridized carbons (Fsp3) is 0.519. The molecule has 2 saturated heterocycles. The highest BCUT2D eigenvalue weighted by atomic mass is 32.2. The van der Waals surface area contributed by atoms with Crippen LogP contribution in [0.1, 0.15) is 61.0 Å². The highest BCUT2D eigenvalue weighted by Gasteiger charge is 2.28. The summed E-state index contributed by atoms with van der Waals surface area (Å²) in [5.74, 6) is 0.538. The van der Waals surface area contributed by atoms with Crippen LogP contribution < -0.4 is 5.32 Å². The molecule has 0 aliphatic carbocycles. The highest BCUT2D eigenvalue weighted by molar-refractivity contribution is 7.89. The fourth-order valence-electron chi connectivity index (χ4n) is 4.97. The summed E-state index contributed by atoms with van der Waals surface area (Å²) in [5, 5.41) is 3.36. The van der Waals surface area contributed by atoms with Gasteiger partial charge in [-0.15, -0.1) is 0 Å². The van der Waals surface area contributed by atoms with Gasteiger partial charge in [-0.1, -0.05) is 55.8 Å². The number of sulfonamides is 1. The van der Waals surface area contributed by atoms with E-state index in [4.69, 9.17) is 0 Å². The summed E-state index contributed by atoms with van der Waals surface area (Å²) in [6.07, 6.45) is 5.50. The maximum atomic E-state index is 12.9. The number of carbonyl (C=O) groups excluding carboxylic acids is 1. The normalized spacial score (nSPS) is 19.7. The number of Topliss-reactive ketones (excluding diaryl/α,β-unsaturated/α-hetero) is 1. The quantitative estimate of drug-likeness (QED) is 0.544. The molecule has 7 heteroatoms. The number of ketones is 1. The van der Waals surface area contributed by atoms with Crippen molar-refractivity contribution in [1.82, 2.24) is 14.5 Å². The molecular formula is C27H37N3O3S. The first-order valence-corrected chi connectivity index (χ1v) is 14.0. The molecule has 0 saturated carbocycles. The zero-order valence-corrected chi connectivity index (χ0v) is 21.0. The molecule has 34 heavy (non-hydrogen) atoms. The number of likely N-dealkylation sites (tertiary alicyclic amines) is 1. The van der Waals surface area contributed by atoms with E-state index in [2.05, 4.69) is 41.4 Å². The Morgan fingerprint density at radius 1 is 0.941 bits per heavy atom. The van der Waals surface area contributed by atoms with Crippen LogP contribution >= 0.6 is 0 Å². The minimum atomic E-state index is -3.50. The molecule has 2 aliphatic rings. The Balaban J connectivity index is 1.35. The second kappa shape index (κ2) is 11.6. The molecule has 6 nitrogen and oxygen atoms in total. The lowest BCUT2D eigenvalue weighted by Crippen LogP contribution is -2.40. The van der Waals surface area contributed by atoms with Gasteiger partial charge < -0.3 is 5.32 Å². The van der Waals surface area contributed by atoms with Crippen LogP contribution in [0, 0.1) is 5.92 Å². The van der Waals surface area contributed by atoms with Crippen molar-refractivity contribution < 1.29 is 13.2 Å². The van der Waals surface area contributed by atoms with Crippen LogP contribution in [0.4, 0.5) is 0 Å². The maximum Gasteiger partial charge on any atom is 0.243 e. The number of carbonyl (C=O) groups is 1. The molecule has 0 radical (unpaired) electrons. The first kappa shape index (κ1) is 25.0. The van der Waals surface area contributed by atoms with Gasteiger partial charge in [0, 0.05) is 31.2 Å². The van der Waals surface area contributed by atoms with Crippen LogP contribution in [0.3, 0.4) is 0 Å². The summed E-state index contributed by atoms with van der Waals surface area (Å²) in [4.78, 5) is 15.6. The molecular weight excluding hydrogens is 446 g/mol. The third-order valence-corrected chi connectivity index (χ3v) is 9.11. The molecule has 0 bridgehead atoms. The largest absolute Gasteiger partial charge is 0.308 e. The smallest absolute Gasteiger partial charge is 0.243 e. The van der Waals surface area contributed by atoms with E-state index < -0.39 is 10.0 Å². The van der Waals surface area contributed by atoms with Crippen molar-refractivity contribution in [2.75, 3.05) is 39.3 Å². The summed E-state index contributed by atoms with van der Waals surface area (Å²) in [6.45, 7) is 6.39. The van der Waals surface area contributed by atoms with Gasteiger partial charge in [-0.3, -0.25) is 9.69 Å². The van der Waals surface area contributed by atoms with Gasteiger partial charge in [0.25, 0.3) is 0 Å². The van der Waals surface area contributed by atoms with Gasteiger partial charge >= 0.3 is 0 Å². The second-order valence-electron chi connectivity index (χ2n) is 9.69. The Kier molecular flexibility index (Phi) is 8.53. The van der Waals surface area contributed by atoms with Crippen LogP contribution in [0.15, 0.2) is 59.5 Å². The third kappa shape index (κ3) is 6.13. The van der Waals surface area contributed by atoms with E-state index >= 15 is 0 Å². The predicted octanol–water partition coefficient (Wildman–Crippen LogP) is 4.11. The first-order chi connectivity index (χ1) is 16.4. The Labute approximate surface area is 204 Å². The van der Waals surface area contributed by atoms with Crippen LogP contribution in [0.5, 0.6) is 0 Å². The van der Waals surface area contributed by atoms with E-state index in [0.717, 1.165) is 25.9 Å². The number of nitrogens with one attached hydrogen (secondary N) is 1. The zero-order valence-electron chi connectivity index (χ0n) is 20.2. The molecule has 2 aromatic carbocycles. The Morgan fingerprint density at radius 3 is 2.24 bits per heavy atom. The molecule has 0 aromatic heterocycles. The van der Waals surface area contributed by atoms with E-state index in [9.17, 15) is 13.2 Å². The van der Waals surface area contributed by atoms with E-state index in [1.807, 2.05) is 6.07 Å². The van der Waals surface area contributed by atoms with Crippen molar-refractivity contribution in [2.45, 2.75) is 50.0 Å². The van der Waals surface area contributed by atoms with E-state index in [0.29, 0.717) is 31.1 Å². The second-order valence-corrected chi connectivity index (χ2v) is 11.6. The average Bonchev–Trinajstić information content (AvgIpc) is 2.88. The van der Waals surface area contributed by atoms with Gasteiger partial charge in [0.1, 0.15) is 0 Å². The fourth-order valence-corrected chi connectivity index (χ4v) is 6.44. The van der Waals surface area contributed by atoms with E-state index in [1.54, 1.807) is 28.6 Å². The number of benzene rings is 2. The Morgan fingerprint density at radius 2 is 1.59 bits per heavy atom. The predicted molar refractivity (Wildman–Crippen MR) is 135 cm³/mol. The van der Waals surface area contributed by atoms with Crippen LogP contribution in [0.2, 0.25) is 0 Å². The van der Waals surface area contributed by atoms with Crippen molar-refractivity contribution in [3.05, 3.63) is 65.7 Å².